The molecule has 0 fully saturated rings. The maximum atomic E-state index is 12.4. The van der Waals surface area contributed by atoms with Gasteiger partial charge in [0, 0.05) is 24.0 Å². The SMILES string of the molecule is Cc1cc(=O)n(CC(=O)N2CCc3ccccc32)c(N)n1. The van der Waals surface area contributed by atoms with Gasteiger partial charge in [-0.3, -0.25) is 14.2 Å². The highest BCUT2D eigenvalue weighted by Gasteiger charge is 2.24. The number of aryl methyl sites for hydroxylation is 1. The van der Waals surface area contributed by atoms with E-state index in [0.717, 1.165) is 17.7 Å². The van der Waals surface area contributed by atoms with Gasteiger partial charge in [-0.1, -0.05) is 18.2 Å². The number of carbonyl (C=O) groups is 1. The van der Waals surface area contributed by atoms with E-state index in [4.69, 9.17) is 5.73 Å². The van der Waals surface area contributed by atoms with Gasteiger partial charge in [-0.05, 0) is 25.0 Å². The Morgan fingerprint density at radius 3 is 2.90 bits per heavy atom. The summed E-state index contributed by atoms with van der Waals surface area (Å²) >= 11 is 0. The van der Waals surface area contributed by atoms with Crippen molar-refractivity contribution in [2.45, 2.75) is 19.9 Å². The highest BCUT2D eigenvalue weighted by molar-refractivity contribution is 5.95. The summed E-state index contributed by atoms with van der Waals surface area (Å²) in [5, 5.41) is 0. The standard InChI is InChI=1S/C15H16N4O2/c1-10-8-13(20)19(15(16)17-10)9-14(21)18-7-6-11-4-2-3-5-12(11)18/h2-5,8H,6-7,9H2,1H3,(H2,16,17). The number of carbonyl (C=O) groups excluding carboxylic acids is 1. The van der Waals surface area contributed by atoms with Crippen LogP contribution in [0.15, 0.2) is 35.1 Å². The van der Waals surface area contributed by atoms with Crippen LogP contribution in [0.5, 0.6) is 0 Å². The zero-order chi connectivity index (χ0) is 15.0. The Bertz CT molecular complexity index is 767. The largest absolute Gasteiger partial charge is 0.369 e. The molecule has 0 unspecified atom stereocenters. The Balaban J connectivity index is 1.87. The first-order chi connectivity index (χ1) is 10.1. The number of benzene rings is 1. The fourth-order valence-electron chi connectivity index (χ4n) is 2.62. The Morgan fingerprint density at radius 1 is 1.38 bits per heavy atom. The Morgan fingerprint density at radius 2 is 2.14 bits per heavy atom. The van der Waals surface area contributed by atoms with Crippen LogP contribution in [-0.2, 0) is 17.8 Å². The summed E-state index contributed by atoms with van der Waals surface area (Å²) in [6, 6.07) is 9.16. The van der Waals surface area contributed by atoms with E-state index in [0.29, 0.717) is 12.2 Å². The van der Waals surface area contributed by atoms with Crippen LogP contribution in [0.3, 0.4) is 0 Å². The van der Waals surface area contributed by atoms with Crippen LogP contribution >= 0.6 is 0 Å². The molecular weight excluding hydrogens is 268 g/mol. The average Bonchev–Trinajstić information content (AvgIpc) is 2.86. The molecule has 0 spiro atoms. The van der Waals surface area contributed by atoms with Crippen molar-refractivity contribution >= 4 is 17.5 Å². The normalized spacial score (nSPS) is 13.3. The lowest BCUT2D eigenvalue weighted by molar-refractivity contribution is -0.119. The molecule has 0 atom stereocenters. The van der Waals surface area contributed by atoms with Gasteiger partial charge in [0.25, 0.3) is 5.56 Å². The van der Waals surface area contributed by atoms with E-state index in [-0.39, 0.29) is 24.0 Å². The van der Waals surface area contributed by atoms with E-state index in [1.165, 1.54) is 10.6 Å². The monoisotopic (exact) mass is 284 g/mol. The molecule has 1 aromatic heterocycles. The van der Waals surface area contributed by atoms with E-state index in [2.05, 4.69) is 4.98 Å². The number of para-hydroxylation sites is 1. The van der Waals surface area contributed by atoms with E-state index < -0.39 is 0 Å². The van der Waals surface area contributed by atoms with Crippen LogP contribution in [0.2, 0.25) is 0 Å². The third kappa shape index (κ3) is 2.40. The first-order valence-corrected chi connectivity index (χ1v) is 6.78. The van der Waals surface area contributed by atoms with Crippen molar-refractivity contribution in [2.24, 2.45) is 0 Å². The van der Waals surface area contributed by atoms with E-state index in [1.807, 2.05) is 24.3 Å². The molecule has 0 aliphatic carbocycles. The number of fused-ring (bicyclic) bond motifs is 1. The number of aromatic nitrogens is 2. The van der Waals surface area contributed by atoms with Gasteiger partial charge in [-0.25, -0.2) is 4.98 Å². The van der Waals surface area contributed by atoms with Crippen molar-refractivity contribution in [3.05, 3.63) is 51.9 Å². The van der Waals surface area contributed by atoms with Gasteiger partial charge >= 0.3 is 0 Å². The molecule has 108 valence electrons. The lowest BCUT2D eigenvalue weighted by atomic mass is 10.2. The van der Waals surface area contributed by atoms with Crippen molar-refractivity contribution in [3.63, 3.8) is 0 Å². The molecule has 1 aliphatic rings. The molecule has 0 radical (unpaired) electrons. The molecule has 2 N–H and O–H groups in total. The molecule has 6 heteroatoms. The number of amides is 1. The van der Waals surface area contributed by atoms with E-state index in [1.54, 1.807) is 11.8 Å². The summed E-state index contributed by atoms with van der Waals surface area (Å²) in [6.07, 6.45) is 0.832. The molecule has 0 saturated heterocycles. The predicted molar refractivity (Wildman–Crippen MR) is 80.1 cm³/mol. The number of hydrogen-bond donors (Lipinski definition) is 1. The lowest BCUT2D eigenvalue weighted by Crippen LogP contribution is -2.36. The first kappa shape index (κ1) is 13.4. The highest BCUT2D eigenvalue weighted by atomic mass is 16.2. The predicted octanol–water partition coefficient (Wildman–Crippen LogP) is 0.723. The van der Waals surface area contributed by atoms with Crippen LogP contribution < -0.4 is 16.2 Å². The van der Waals surface area contributed by atoms with Crippen molar-refractivity contribution < 1.29 is 4.79 Å². The number of anilines is 2. The summed E-state index contributed by atoms with van der Waals surface area (Å²) < 4.78 is 1.20. The van der Waals surface area contributed by atoms with E-state index in [9.17, 15) is 9.59 Å². The molecule has 0 saturated carbocycles. The first-order valence-electron chi connectivity index (χ1n) is 6.78. The molecule has 1 aromatic carbocycles. The average molecular weight is 284 g/mol. The van der Waals surface area contributed by atoms with Crippen LogP contribution in [0.25, 0.3) is 0 Å². The third-order valence-electron chi connectivity index (χ3n) is 3.65. The molecule has 21 heavy (non-hydrogen) atoms. The van der Waals surface area contributed by atoms with Gasteiger partial charge in [0.1, 0.15) is 6.54 Å². The summed E-state index contributed by atoms with van der Waals surface area (Å²) in [7, 11) is 0. The molecule has 1 amide bonds. The van der Waals surface area contributed by atoms with Crippen molar-refractivity contribution in [1.29, 1.82) is 0 Å². The number of hydrogen-bond acceptors (Lipinski definition) is 4. The van der Waals surface area contributed by atoms with Crippen molar-refractivity contribution in [3.8, 4) is 0 Å². The molecule has 0 bridgehead atoms. The Hall–Kier alpha value is -2.63. The fourth-order valence-corrected chi connectivity index (χ4v) is 2.62. The number of nitrogen functional groups attached to an aromatic ring is 1. The molecular formula is C15H16N4O2. The fraction of sp³-hybridized carbons (Fsp3) is 0.267. The highest BCUT2D eigenvalue weighted by Crippen LogP contribution is 2.27. The third-order valence-corrected chi connectivity index (χ3v) is 3.65. The lowest BCUT2D eigenvalue weighted by Gasteiger charge is -2.18. The summed E-state index contributed by atoms with van der Waals surface area (Å²) in [5.41, 5.74) is 8.05. The van der Waals surface area contributed by atoms with Gasteiger partial charge < -0.3 is 10.6 Å². The second kappa shape index (κ2) is 5.05. The molecule has 2 aromatic rings. The number of nitrogens with zero attached hydrogens (tertiary/aromatic N) is 3. The summed E-state index contributed by atoms with van der Waals surface area (Å²) in [6.45, 7) is 2.24. The van der Waals surface area contributed by atoms with Gasteiger partial charge in [0.05, 0.1) is 0 Å². The van der Waals surface area contributed by atoms with Crippen molar-refractivity contribution in [2.75, 3.05) is 17.2 Å². The molecule has 6 nitrogen and oxygen atoms in total. The zero-order valence-corrected chi connectivity index (χ0v) is 11.7. The van der Waals surface area contributed by atoms with E-state index >= 15 is 0 Å². The Kier molecular flexibility index (Phi) is 3.21. The smallest absolute Gasteiger partial charge is 0.255 e. The maximum Gasteiger partial charge on any atom is 0.255 e. The minimum atomic E-state index is -0.305. The van der Waals surface area contributed by atoms with Crippen molar-refractivity contribution in [1.82, 2.24) is 9.55 Å². The zero-order valence-electron chi connectivity index (χ0n) is 11.7. The van der Waals surface area contributed by atoms with Gasteiger partial charge in [-0.15, -0.1) is 0 Å². The quantitative estimate of drug-likeness (QED) is 0.881. The van der Waals surface area contributed by atoms with Crippen LogP contribution in [0.4, 0.5) is 11.6 Å². The van der Waals surface area contributed by atoms with Crippen LogP contribution in [0.1, 0.15) is 11.3 Å². The maximum absolute atomic E-state index is 12.4. The summed E-state index contributed by atoms with van der Waals surface area (Å²) in [4.78, 5) is 30.1. The van der Waals surface area contributed by atoms with Gasteiger partial charge in [-0.2, -0.15) is 0 Å². The number of rotatable bonds is 2. The van der Waals surface area contributed by atoms with Crippen LogP contribution in [-0.4, -0.2) is 22.0 Å². The molecule has 3 rings (SSSR count). The minimum Gasteiger partial charge on any atom is -0.369 e. The van der Waals surface area contributed by atoms with Crippen LogP contribution in [0, 0.1) is 6.92 Å². The molecule has 2 heterocycles. The second-order valence-electron chi connectivity index (χ2n) is 5.10. The Labute approximate surface area is 121 Å². The van der Waals surface area contributed by atoms with Gasteiger partial charge in [0.2, 0.25) is 11.9 Å². The molecule has 1 aliphatic heterocycles. The topological polar surface area (TPSA) is 81.2 Å². The number of nitrogens with two attached hydrogens (primary N) is 1. The van der Waals surface area contributed by atoms with Gasteiger partial charge in [0.15, 0.2) is 0 Å². The second-order valence-corrected chi connectivity index (χ2v) is 5.10. The summed E-state index contributed by atoms with van der Waals surface area (Å²) in [5.74, 6) is -0.0831. The minimum absolute atomic E-state index is 0.0702.